The second-order valence-electron chi connectivity index (χ2n) is 5.41. The van der Waals surface area contributed by atoms with E-state index >= 15 is 0 Å². The minimum absolute atomic E-state index is 0.0903. The van der Waals surface area contributed by atoms with Gasteiger partial charge in [0, 0.05) is 11.6 Å². The van der Waals surface area contributed by atoms with Gasteiger partial charge in [-0.1, -0.05) is 24.0 Å². The summed E-state index contributed by atoms with van der Waals surface area (Å²) in [5.41, 5.74) is 0.499. The van der Waals surface area contributed by atoms with E-state index in [1.807, 2.05) is 0 Å². The Kier molecular flexibility index (Phi) is 5.47. The Morgan fingerprint density at radius 1 is 1.25 bits per heavy atom. The SMILES string of the molecule is O=C([O-])CN1C(=O)/C(=C\c2ccc(-c3ccc(OC(F)(F)F)cc3)o2)SC1=S. The zero-order chi connectivity index (χ0) is 20.5. The molecule has 0 unspecified atom stereocenters. The molecular formula is C17H9F3NO5S2-. The number of hydrogen-bond donors (Lipinski definition) is 0. The van der Waals surface area contributed by atoms with Gasteiger partial charge in [-0.2, -0.15) is 0 Å². The highest BCUT2D eigenvalue weighted by molar-refractivity contribution is 8.26. The molecule has 1 aliphatic rings. The van der Waals surface area contributed by atoms with Crippen molar-refractivity contribution in [3.63, 3.8) is 0 Å². The number of aliphatic carboxylic acids is 1. The van der Waals surface area contributed by atoms with Gasteiger partial charge in [-0.15, -0.1) is 13.2 Å². The number of carboxylic acids is 1. The molecular weight excluding hydrogens is 419 g/mol. The smallest absolute Gasteiger partial charge is 0.548 e. The quantitative estimate of drug-likeness (QED) is 0.535. The molecule has 0 saturated carbocycles. The van der Waals surface area contributed by atoms with Crippen molar-refractivity contribution in [3.05, 3.63) is 47.1 Å². The molecule has 28 heavy (non-hydrogen) atoms. The first-order valence-corrected chi connectivity index (χ1v) is 8.76. The van der Waals surface area contributed by atoms with E-state index in [2.05, 4.69) is 4.74 Å². The molecule has 0 aliphatic carbocycles. The van der Waals surface area contributed by atoms with Gasteiger partial charge in [-0.05, 0) is 36.4 Å². The molecule has 3 rings (SSSR count). The van der Waals surface area contributed by atoms with Crippen LogP contribution in [0.5, 0.6) is 5.75 Å². The van der Waals surface area contributed by atoms with Gasteiger partial charge < -0.3 is 19.1 Å². The van der Waals surface area contributed by atoms with Crippen LogP contribution in [0, 0.1) is 0 Å². The van der Waals surface area contributed by atoms with Crippen LogP contribution in [0.15, 0.2) is 45.7 Å². The monoisotopic (exact) mass is 428 g/mol. The third-order valence-corrected chi connectivity index (χ3v) is 4.81. The Labute approximate surface area is 165 Å². The van der Waals surface area contributed by atoms with Crippen molar-refractivity contribution >= 4 is 46.3 Å². The molecule has 1 aliphatic heterocycles. The zero-order valence-electron chi connectivity index (χ0n) is 13.7. The Hall–Kier alpha value is -2.79. The number of amides is 1. The molecule has 146 valence electrons. The van der Waals surface area contributed by atoms with Crippen LogP contribution in [0.1, 0.15) is 5.76 Å². The topological polar surface area (TPSA) is 82.8 Å². The maximum atomic E-state index is 12.2. The number of thioether (sulfide) groups is 1. The van der Waals surface area contributed by atoms with Crippen LogP contribution < -0.4 is 9.84 Å². The number of carbonyl (C=O) groups is 2. The number of ether oxygens (including phenoxy) is 1. The first-order valence-electron chi connectivity index (χ1n) is 7.53. The highest BCUT2D eigenvalue weighted by atomic mass is 32.2. The second kappa shape index (κ2) is 7.68. The van der Waals surface area contributed by atoms with Crippen LogP contribution in [0.3, 0.4) is 0 Å². The molecule has 1 fully saturated rings. The van der Waals surface area contributed by atoms with Crippen molar-refractivity contribution in [2.45, 2.75) is 6.36 Å². The van der Waals surface area contributed by atoms with Gasteiger partial charge in [0.15, 0.2) is 0 Å². The molecule has 0 spiro atoms. The molecule has 1 aromatic heterocycles. The maximum absolute atomic E-state index is 12.2. The standard InChI is InChI=1S/C17H10F3NO5S2/c18-17(19,20)26-10-3-1-9(2-4-10)12-6-5-11(25-12)7-13-15(24)21(8-14(22)23)16(27)28-13/h1-7H,8H2,(H,22,23)/p-1/b13-7+. The summed E-state index contributed by atoms with van der Waals surface area (Å²) < 4.78 is 46.0. The van der Waals surface area contributed by atoms with E-state index in [4.69, 9.17) is 16.6 Å². The Balaban J connectivity index is 1.76. The number of alkyl halides is 3. The predicted molar refractivity (Wildman–Crippen MR) is 95.7 cm³/mol. The van der Waals surface area contributed by atoms with E-state index in [9.17, 15) is 27.9 Å². The zero-order valence-corrected chi connectivity index (χ0v) is 15.3. The van der Waals surface area contributed by atoms with Gasteiger partial charge in [0.05, 0.1) is 17.4 Å². The van der Waals surface area contributed by atoms with Crippen molar-refractivity contribution in [1.29, 1.82) is 0 Å². The third kappa shape index (κ3) is 4.73. The van der Waals surface area contributed by atoms with Gasteiger partial charge >= 0.3 is 6.36 Å². The normalized spacial score (nSPS) is 16.1. The molecule has 1 aromatic carbocycles. The van der Waals surface area contributed by atoms with Gasteiger partial charge in [-0.25, -0.2) is 0 Å². The highest BCUT2D eigenvalue weighted by Gasteiger charge is 2.32. The van der Waals surface area contributed by atoms with Gasteiger partial charge in [0.25, 0.3) is 5.91 Å². The average Bonchev–Trinajstić information content (AvgIpc) is 3.15. The maximum Gasteiger partial charge on any atom is 0.573 e. The number of carbonyl (C=O) groups excluding carboxylic acids is 2. The van der Waals surface area contributed by atoms with Crippen LogP contribution in [0.4, 0.5) is 13.2 Å². The summed E-state index contributed by atoms with van der Waals surface area (Å²) in [5, 5.41) is 10.7. The molecule has 0 radical (unpaired) electrons. The lowest BCUT2D eigenvalue weighted by Gasteiger charge is -2.14. The lowest BCUT2D eigenvalue weighted by molar-refractivity contribution is -0.305. The number of hydrogen-bond acceptors (Lipinski definition) is 7. The lowest BCUT2D eigenvalue weighted by Crippen LogP contribution is -2.40. The van der Waals surface area contributed by atoms with Gasteiger partial charge in [-0.3, -0.25) is 9.69 Å². The Bertz CT molecular complexity index is 966. The summed E-state index contributed by atoms with van der Waals surface area (Å²) in [4.78, 5) is 24.0. The molecule has 2 aromatic rings. The number of furan rings is 1. The predicted octanol–water partition coefficient (Wildman–Crippen LogP) is 2.80. The summed E-state index contributed by atoms with van der Waals surface area (Å²) in [5.74, 6) is -1.73. The van der Waals surface area contributed by atoms with Crippen molar-refractivity contribution in [2.24, 2.45) is 0 Å². The molecule has 0 bridgehead atoms. The summed E-state index contributed by atoms with van der Waals surface area (Å²) in [6.45, 7) is -0.641. The fourth-order valence-corrected chi connectivity index (χ4v) is 3.54. The molecule has 0 N–H and O–H groups in total. The Morgan fingerprint density at radius 2 is 1.93 bits per heavy atom. The number of nitrogens with zero attached hydrogens (tertiary/aromatic N) is 1. The van der Waals surface area contributed by atoms with Gasteiger partial charge in [0.1, 0.15) is 21.6 Å². The summed E-state index contributed by atoms with van der Waals surface area (Å²) in [7, 11) is 0. The molecule has 2 heterocycles. The highest BCUT2D eigenvalue weighted by Crippen LogP contribution is 2.34. The second-order valence-corrected chi connectivity index (χ2v) is 7.09. The summed E-state index contributed by atoms with van der Waals surface area (Å²) in [6, 6.07) is 8.21. The van der Waals surface area contributed by atoms with Crippen LogP contribution in [-0.4, -0.2) is 34.0 Å². The van der Waals surface area contributed by atoms with Crippen LogP contribution >= 0.6 is 24.0 Å². The summed E-state index contributed by atoms with van der Waals surface area (Å²) >= 11 is 5.90. The minimum atomic E-state index is -4.78. The van der Waals surface area contributed by atoms with E-state index < -0.39 is 24.8 Å². The van der Waals surface area contributed by atoms with Crippen molar-refractivity contribution in [1.82, 2.24) is 4.90 Å². The molecule has 6 nitrogen and oxygen atoms in total. The number of benzene rings is 1. The molecule has 11 heteroatoms. The van der Waals surface area contributed by atoms with Crippen molar-refractivity contribution < 1.29 is 37.0 Å². The van der Waals surface area contributed by atoms with Crippen LogP contribution in [0.2, 0.25) is 0 Å². The van der Waals surface area contributed by atoms with E-state index in [0.717, 1.165) is 28.8 Å². The number of thiocarbonyl (C=S) groups is 1. The van der Waals surface area contributed by atoms with Gasteiger partial charge in [0.2, 0.25) is 0 Å². The first-order chi connectivity index (χ1) is 13.1. The van der Waals surface area contributed by atoms with E-state index in [1.165, 1.54) is 18.2 Å². The molecule has 0 atom stereocenters. The van der Waals surface area contributed by atoms with E-state index in [-0.39, 0.29) is 15.0 Å². The fourth-order valence-electron chi connectivity index (χ4n) is 2.30. The van der Waals surface area contributed by atoms with E-state index in [0.29, 0.717) is 17.1 Å². The average molecular weight is 428 g/mol. The van der Waals surface area contributed by atoms with Crippen LogP contribution in [0.25, 0.3) is 17.4 Å². The van der Waals surface area contributed by atoms with Crippen molar-refractivity contribution in [3.8, 4) is 17.1 Å². The lowest BCUT2D eigenvalue weighted by atomic mass is 10.2. The van der Waals surface area contributed by atoms with E-state index in [1.54, 1.807) is 12.1 Å². The molecule has 1 saturated heterocycles. The largest absolute Gasteiger partial charge is 0.573 e. The Morgan fingerprint density at radius 3 is 2.54 bits per heavy atom. The summed E-state index contributed by atoms with van der Waals surface area (Å²) in [6.07, 6.45) is -3.37. The van der Waals surface area contributed by atoms with Crippen LogP contribution in [-0.2, 0) is 9.59 Å². The number of rotatable bonds is 5. The van der Waals surface area contributed by atoms with Crippen molar-refractivity contribution in [2.75, 3.05) is 6.54 Å². The number of carboxylic acid groups (broad SMARTS) is 1. The molecule has 1 amide bonds. The first kappa shape index (κ1) is 20.0. The third-order valence-electron chi connectivity index (χ3n) is 3.43. The fraction of sp³-hybridized carbons (Fsp3) is 0.118. The minimum Gasteiger partial charge on any atom is -0.548 e. The number of halogens is 3.